The number of hydrogen-bond donors (Lipinski definition) is 0. The topological polar surface area (TPSA) is 26.3 Å². The molecule has 0 aromatic heterocycles. The minimum atomic E-state index is -0.222. The van der Waals surface area contributed by atoms with Crippen LogP contribution in [0.3, 0.4) is 0 Å². The summed E-state index contributed by atoms with van der Waals surface area (Å²) in [5.41, 5.74) is 0. The summed E-state index contributed by atoms with van der Waals surface area (Å²) in [5, 5.41) is 0. The van der Waals surface area contributed by atoms with Crippen molar-refractivity contribution in [2.45, 2.75) is 26.2 Å². The van der Waals surface area contributed by atoms with E-state index in [0.29, 0.717) is 5.92 Å². The Bertz CT molecular complexity index is 216. The lowest BCUT2D eigenvalue weighted by atomic mass is 10.0. The molecular weight excluding hydrogens is 152 g/mol. The van der Waals surface area contributed by atoms with Gasteiger partial charge in [0, 0.05) is 13.3 Å². The van der Waals surface area contributed by atoms with Crippen molar-refractivity contribution in [2.75, 3.05) is 0 Å². The smallest absolute Gasteiger partial charge is 0.307 e. The molecule has 0 heterocycles. The van der Waals surface area contributed by atoms with E-state index in [2.05, 4.69) is 6.58 Å². The number of carbonyl (C=O) groups excluding carboxylic acids is 1. The molecule has 1 aliphatic rings. The van der Waals surface area contributed by atoms with Crippen molar-refractivity contribution in [1.82, 2.24) is 0 Å². The lowest BCUT2D eigenvalue weighted by Gasteiger charge is -2.05. The van der Waals surface area contributed by atoms with E-state index >= 15 is 0 Å². The fourth-order valence-electron chi connectivity index (χ4n) is 1.43. The van der Waals surface area contributed by atoms with Crippen LogP contribution < -0.4 is 0 Å². The summed E-state index contributed by atoms with van der Waals surface area (Å²) < 4.78 is 4.98. The summed E-state index contributed by atoms with van der Waals surface area (Å²) in [4.78, 5) is 10.6. The first-order valence-corrected chi connectivity index (χ1v) is 4.20. The summed E-state index contributed by atoms with van der Waals surface area (Å²) in [6.45, 7) is 5.11. The van der Waals surface area contributed by atoms with Gasteiger partial charge in [-0.1, -0.05) is 6.08 Å². The average Bonchev–Trinajstić information content (AvgIpc) is 2.36. The molecule has 1 aliphatic carbocycles. The zero-order chi connectivity index (χ0) is 8.97. The van der Waals surface area contributed by atoms with Gasteiger partial charge in [-0.15, -0.1) is 6.58 Å². The molecule has 1 rings (SSSR count). The van der Waals surface area contributed by atoms with Crippen LogP contribution in [0.25, 0.3) is 0 Å². The van der Waals surface area contributed by atoms with Gasteiger partial charge in [-0.05, 0) is 24.8 Å². The van der Waals surface area contributed by atoms with Crippen LogP contribution in [0.15, 0.2) is 24.5 Å². The maximum Gasteiger partial charge on any atom is 0.307 e. The highest BCUT2D eigenvalue weighted by atomic mass is 16.5. The molecule has 1 atom stereocenters. The Morgan fingerprint density at radius 2 is 2.67 bits per heavy atom. The van der Waals surface area contributed by atoms with E-state index in [9.17, 15) is 4.79 Å². The van der Waals surface area contributed by atoms with E-state index < -0.39 is 0 Å². The number of carbonyl (C=O) groups is 1. The molecule has 0 aromatic rings. The fourth-order valence-corrected chi connectivity index (χ4v) is 1.43. The molecule has 0 fully saturated rings. The van der Waals surface area contributed by atoms with E-state index in [1.807, 2.05) is 12.2 Å². The van der Waals surface area contributed by atoms with Gasteiger partial charge < -0.3 is 4.74 Å². The standard InChI is InChI=1S/C10H14O2/c1-3-4-9-5-6-10(7-9)12-8(2)11/h3,6,9H,1,4-5,7H2,2H3. The van der Waals surface area contributed by atoms with Crippen molar-refractivity contribution in [3.05, 3.63) is 24.5 Å². The molecular formula is C10H14O2. The molecule has 66 valence electrons. The molecule has 1 unspecified atom stereocenters. The van der Waals surface area contributed by atoms with Crippen molar-refractivity contribution >= 4 is 5.97 Å². The lowest BCUT2D eigenvalue weighted by Crippen LogP contribution is -1.99. The lowest BCUT2D eigenvalue weighted by molar-refractivity contribution is -0.137. The van der Waals surface area contributed by atoms with Gasteiger partial charge in [0.1, 0.15) is 5.76 Å². The Morgan fingerprint density at radius 1 is 1.92 bits per heavy atom. The first-order valence-electron chi connectivity index (χ1n) is 4.20. The second kappa shape index (κ2) is 4.10. The molecule has 0 N–H and O–H groups in total. The summed E-state index contributed by atoms with van der Waals surface area (Å²) in [6.07, 6.45) is 6.80. The SMILES string of the molecule is C=CCC1CC=C(OC(C)=O)C1. The van der Waals surface area contributed by atoms with Gasteiger partial charge in [0.25, 0.3) is 0 Å². The first kappa shape index (κ1) is 9.04. The van der Waals surface area contributed by atoms with Crippen LogP contribution in [0.2, 0.25) is 0 Å². The van der Waals surface area contributed by atoms with E-state index in [1.54, 1.807) is 0 Å². The van der Waals surface area contributed by atoms with Crippen molar-refractivity contribution in [2.24, 2.45) is 5.92 Å². The number of hydrogen-bond acceptors (Lipinski definition) is 2. The fraction of sp³-hybridized carbons (Fsp3) is 0.500. The normalized spacial score (nSPS) is 21.8. The maximum atomic E-state index is 10.6. The van der Waals surface area contributed by atoms with Crippen LogP contribution in [-0.2, 0) is 9.53 Å². The third-order valence-electron chi connectivity index (χ3n) is 1.94. The molecule has 0 aromatic carbocycles. The van der Waals surface area contributed by atoms with Crippen molar-refractivity contribution in [3.63, 3.8) is 0 Å². The van der Waals surface area contributed by atoms with E-state index in [0.717, 1.165) is 25.0 Å². The van der Waals surface area contributed by atoms with Crippen LogP contribution in [0.5, 0.6) is 0 Å². The largest absolute Gasteiger partial charge is 0.432 e. The zero-order valence-corrected chi connectivity index (χ0v) is 7.38. The summed E-state index contributed by atoms with van der Waals surface area (Å²) in [7, 11) is 0. The molecule has 2 nitrogen and oxygen atoms in total. The van der Waals surface area contributed by atoms with Crippen LogP contribution in [-0.4, -0.2) is 5.97 Å². The Labute approximate surface area is 72.9 Å². The predicted octanol–water partition coefficient (Wildman–Crippen LogP) is 2.42. The van der Waals surface area contributed by atoms with E-state index in [1.165, 1.54) is 6.92 Å². The van der Waals surface area contributed by atoms with Crippen LogP contribution in [0.4, 0.5) is 0 Å². The second-order valence-corrected chi connectivity index (χ2v) is 3.09. The van der Waals surface area contributed by atoms with Gasteiger partial charge in [-0.2, -0.15) is 0 Å². The Hall–Kier alpha value is -1.05. The molecule has 12 heavy (non-hydrogen) atoms. The van der Waals surface area contributed by atoms with Crippen molar-refractivity contribution in [3.8, 4) is 0 Å². The Kier molecular flexibility index (Phi) is 3.09. The average molecular weight is 166 g/mol. The second-order valence-electron chi connectivity index (χ2n) is 3.09. The highest BCUT2D eigenvalue weighted by Gasteiger charge is 2.17. The van der Waals surface area contributed by atoms with Gasteiger partial charge >= 0.3 is 5.97 Å². The van der Waals surface area contributed by atoms with Crippen molar-refractivity contribution < 1.29 is 9.53 Å². The molecule has 0 radical (unpaired) electrons. The molecule has 0 saturated heterocycles. The Balaban J connectivity index is 2.32. The van der Waals surface area contributed by atoms with E-state index in [-0.39, 0.29) is 5.97 Å². The number of ether oxygens (including phenoxy) is 1. The summed E-state index contributed by atoms with van der Waals surface area (Å²) in [5.74, 6) is 1.20. The molecule has 0 spiro atoms. The van der Waals surface area contributed by atoms with Crippen LogP contribution in [0.1, 0.15) is 26.2 Å². The first-order chi connectivity index (χ1) is 5.72. The third-order valence-corrected chi connectivity index (χ3v) is 1.94. The minimum Gasteiger partial charge on any atom is -0.432 e. The number of esters is 1. The summed E-state index contributed by atoms with van der Waals surface area (Å²) in [6, 6.07) is 0. The highest BCUT2D eigenvalue weighted by Crippen LogP contribution is 2.28. The van der Waals surface area contributed by atoms with E-state index in [4.69, 9.17) is 4.74 Å². The minimum absolute atomic E-state index is 0.222. The molecule has 2 heteroatoms. The van der Waals surface area contributed by atoms with Gasteiger partial charge in [0.2, 0.25) is 0 Å². The van der Waals surface area contributed by atoms with Crippen LogP contribution in [0, 0.1) is 5.92 Å². The predicted molar refractivity (Wildman–Crippen MR) is 47.4 cm³/mol. The highest BCUT2D eigenvalue weighted by molar-refractivity contribution is 5.67. The summed E-state index contributed by atoms with van der Waals surface area (Å²) >= 11 is 0. The molecule has 0 amide bonds. The van der Waals surface area contributed by atoms with Gasteiger partial charge in [-0.3, -0.25) is 4.79 Å². The van der Waals surface area contributed by atoms with Gasteiger partial charge in [0.05, 0.1) is 0 Å². The quantitative estimate of drug-likeness (QED) is 0.475. The number of rotatable bonds is 3. The molecule has 0 bridgehead atoms. The third kappa shape index (κ3) is 2.53. The zero-order valence-electron chi connectivity index (χ0n) is 7.38. The van der Waals surface area contributed by atoms with Gasteiger partial charge in [-0.25, -0.2) is 0 Å². The monoisotopic (exact) mass is 166 g/mol. The molecule has 0 saturated carbocycles. The van der Waals surface area contributed by atoms with Gasteiger partial charge in [0.15, 0.2) is 0 Å². The molecule has 0 aliphatic heterocycles. The number of allylic oxidation sites excluding steroid dienone is 3. The van der Waals surface area contributed by atoms with Crippen molar-refractivity contribution in [1.29, 1.82) is 0 Å². The maximum absolute atomic E-state index is 10.6. The van der Waals surface area contributed by atoms with Crippen LogP contribution >= 0.6 is 0 Å². The Morgan fingerprint density at radius 3 is 3.25 bits per heavy atom.